The molecule has 0 radical (unpaired) electrons. The largest absolute Gasteiger partial charge is 0.315 e. The highest BCUT2D eigenvalue weighted by Gasteiger charge is 2.12. The van der Waals surface area contributed by atoms with Gasteiger partial charge in [-0.2, -0.15) is 0 Å². The van der Waals surface area contributed by atoms with Crippen molar-refractivity contribution in [1.82, 2.24) is 5.32 Å². The van der Waals surface area contributed by atoms with E-state index >= 15 is 0 Å². The van der Waals surface area contributed by atoms with Crippen molar-refractivity contribution in [3.63, 3.8) is 0 Å². The van der Waals surface area contributed by atoms with Gasteiger partial charge >= 0.3 is 0 Å². The Morgan fingerprint density at radius 3 is 2.11 bits per heavy atom. The Bertz CT molecular complexity index is 101. The fraction of sp³-hybridized carbons (Fsp3) is 0.714. The van der Waals surface area contributed by atoms with Crippen molar-refractivity contribution in [2.75, 3.05) is 13.1 Å². The Kier molecular flexibility index (Phi) is 3.91. The first-order valence-electron chi connectivity index (χ1n) is 3.15. The fourth-order valence-electron chi connectivity index (χ4n) is 0.900. The van der Waals surface area contributed by atoms with Crippen molar-refractivity contribution in [3.05, 3.63) is 11.6 Å². The van der Waals surface area contributed by atoms with Crippen molar-refractivity contribution in [2.45, 2.75) is 13.8 Å². The van der Waals surface area contributed by atoms with Gasteiger partial charge in [0.1, 0.15) is 0 Å². The second-order valence-corrected chi connectivity index (χ2v) is 2.66. The third-order valence-corrected chi connectivity index (χ3v) is 1.38. The second-order valence-electron chi connectivity index (χ2n) is 2.66. The van der Waals surface area contributed by atoms with Crippen molar-refractivity contribution in [1.29, 1.82) is 0 Å². The molecule has 1 fully saturated rings. The van der Waals surface area contributed by atoms with E-state index in [4.69, 9.17) is 0 Å². The highest BCUT2D eigenvalue weighted by atomic mass is 35.5. The molecule has 0 unspecified atom stereocenters. The Labute approximate surface area is 62.9 Å². The molecule has 0 amide bonds. The molecule has 2 heteroatoms. The number of nitrogens with one attached hydrogen (secondary N) is 1. The molecule has 1 N–H and O–H groups in total. The van der Waals surface area contributed by atoms with Crippen molar-refractivity contribution in [2.24, 2.45) is 5.92 Å². The molecule has 1 heterocycles. The van der Waals surface area contributed by atoms with Gasteiger partial charge in [0.15, 0.2) is 0 Å². The van der Waals surface area contributed by atoms with Gasteiger partial charge in [0.05, 0.1) is 0 Å². The van der Waals surface area contributed by atoms with Gasteiger partial charge in [-0.15, -0.1) is 12.4 Å². The van der Waals surface area contributed by atoms with Crippen LogP contribution in [0.15, 0.2) is 11.6 Å². The van der Waals surface area contributed by atoms with Crippen molar-refractivity contribution < 1.29 is 0 Å². The Hall–Kier alpha value is -0.0100. The average Bonchev–Trinajstić information content (AvgIpc) is 1.55. The maximum Gasteiger partial charge on any atom is 0.00267 e. The molecule has 0 atom stereocenters. The van der Waals surface area contributed by atoms with Crippen LogP contribution in [0, 0.1) is 5.92 Å². The molecule has 0 aromatic carbocycles. The Morgan fingerprint density at radius 2 is 2.00 bits per heavy atom. The summed E-state index contributed by atoms with van der Waals surface area (Å²) in [5.41, 5.74) is 1.44. The third kappa shape index (κ3) is 2.87. The highest BCUT2D eigenvalue weighted by molar-refractivity contribution is 5.85. The van der Waals surface area contributed by atoms with Gasteiger partial charge in [0.2, 0.25) is 0 Å². The van der Waals surface area contributed by atoms with E-state index in [2.05, 4.69) is 25.2 Å². The number of hydrogen-bond donors (Lipinski definition) is 1. The van der Waals surface area contributed by atoms with Crippen LogP contribution >= 0.6 is 12.4 Å². The minimum Gasteiger partial charge on any atom is -0.315 e. The van der Waals surface area contributed by atoms with E-state index < -0.39 is 0 Å². The van der Waals surface area contributed by atoms with Crippen LogP contribution in [-0.2, 0) is 0 Å². The van der Waals surface area contributed by atoms with Gasteiger partial charge in [-0.25, -0.2) is 0 Å². The first-order valence-corrected chi connectivity index (χ1v) is 3.15. The molecule has 1 aliphatic heterocycles. The molecule has 54 valence electrons. The topological polar surface area (TPSA) is 12.0 Å². The van der Waals surface area contributed by atoms with Crippen LogP contribution < -0.4 is 5.32 Å². The van der Waals surface area contributed by atoms with Crippen LogP contribution in [0.4, 0.5) is 0 Å². The molecule has 0 saturated carbocycles. The van der Waals surface area contributed by atoms with Gasteiger partial charge in [-0.05, 0) is 13.8 Å². The van der Waals surface area contributed by atoms with Crippen LogP contribution in [0.2, 0.25) is 0 Å². The zero-order valence-corrected chi connectivity index (χ0v) is 6.79. The standard InChI is InChI=1S/C7H13N.ClH/c1-6(2)3-7-4-8-5-7;/h3,7-8H,4-5H2,1-2H3;1H. The highest BCUT2D eigenvalue weighted by Crippen LogP contribution is 2.06. The zero-order chi connectivity index (χ0) is 5.98. The van der Waals surface area contributed by atoms with E-state index in [1.54, 1.807) is 0 Å². The summed E-state index contributed by atoms with van der Waals surface area (Å²) in [7, 11) is 0. The van der Waals surface area contributed by atoms with E-state index in [0.717, 1.165) is 5.92 Å². The van der Waals surface area contributed by atoms with Crippen LogP contribution in [0.25, 0.3) is 0 Å². The zero-order valence-electron chi connectivity index (χ0n) is 5.98. The van der Waals surface area contributed by atoms with Crippen LogP contribution in [-0.4, -0.2) is 13.1 Å². The first kappa shape index (κ1) is 8.99. The molecule has 1 nitrogen and oxygen atoms in total. The second kappa shape index (κ2) is 3.91. The van der Waals surface area contributed by atoms with Crippen LogP contribution in [0.5, 0.6) is 0 Å². The lowest BCUT2D eigenvalue weighted by Gasteiger charge is -2.24. The summed E-state index contributed by atoms with van der Waals surface area (Å²) in [5, 5.41) is 3.22. The van der Waals surface area contributed by atoms with Crippen molar-refractivity contribution in [3.8, 4) is 0 Å². The summed E-state index contributed by atoms with van der Waals surface area (Å²) in [4.78, 5) is 0. The van der Waals surface area contributed by atoms with Gasteiger partial charge in [0, 0.05) is 19.0 Å². The molecule has 0 spiro atoms. The number of rotatable bonds is 1. The van der Waals surface area contributed by atoms with Crippen molar-refractivity contribution >= 4 is 12.4 Å². The summed E-state index contributed by atoms with van der Waals surface area (Å²) in [6, 6.07) is 0. The van der Waals surface area contributed by atoms with Gasteiger partial charge in [-0.3, -0.25) is 0 Å². The fourth-order valence-corrected chi connectivity index (χ4v) is 0.900. The monoisotopic (exact) mass is 147 g/mol. The first-order chi connectivity index (χ1) is 3.79. The van der Waals surface area contributed by atoms with E-state index in [1.807, 2.05) is 0 Å². The summed E-state index contributed by atoms with van der Waals surface area (Å²) >= 11 is 0. The Morgan fingerprint density at radius 1 is 1.44 bits per heavy atom. The number of halogens is 1. The predicted octanol–water partition coefficient (Wildman–Crippen LogP) is 1.59. The molecular weight excluding hydrogens is 134 g/mol. The minimum atomic E-state index is 0. The molecule has 9 heavy (non-hydrogen) atoms. The molecule has 1 rings (SSSR count). The van der Waals surface area contributed by atoms with E-state index in [9.17, 15) is 0 Å². The maximum absolute atomic E-state index is 3.22. The summed E-state index contributed by atoms with van der Waals surface area (Å²) in [5.74, 6) is 0.833. The van der Waals surface area contributed by atoms with Gasteiger partial charge in [0.25, 0.3) is 0 Å². The van der Waals surface area contributed by atoms with E-state index in [-0.39, 0.29) is 12.4 Å². The number of hydrogen-bond acceptors (Lipinski definition) is 1. The van der Waals surface area contributed by atoms with Crippen LogP contribution in [0.3, 0.4) is 0 Å². The van der Waals surface area contributed by atoms with Gasteiger partial charge in [-0.1, -0.05) is 11.6 Å². The summed E-state index contributed by atoms with van der Waals surface area (Å²) < 4.78 is 0. The summed E-state index contributed by atoms with van der Waals surface area (Å²) in [6.07, 6.45) is 2.33. The van der Waals surface area contributed by atoms with Crippen LogP contribution in [0.1, 0.15) is 13.8 Å². The lowest BCUT2D eigenvalue weighted by Crippen LogP contribution is -2.40. The average molecular weight is 148 g/mol. The molecule has 1 aliphatic rings. The molecule has 0 aromatic rings. The maximum atomic E-state index is 3.22. The van der Waals surface area contributed by atoms with E-state index in [0.29, 0.717) is 0 Å². The third-order valence-electron chi connectivity index (χ3n) is 1.38. The minimum absolute atomic E-state index is 0. The molecule has 0 bridgehead atoms. The lowest BCUT2D eigenvalue weighted by atomic mass is 10.0. The molecule has 0 aliphatic carbocycles. The molecular formula is C7H14ClN. The lowest BCUT2D eigenvalue weighted by molar-refractivity contribution is 0.417. The molecule has 0 aromatic heterocycles. The smallest absolute Gasteiger partial charge is 0.00267 e. The normalized spacial score (nSPS) is 17.6. The van der Waals surface area contributed by atoms with Gasteiger partial charge < -0.3 is 5.32 Å². The molecule has 1 saturated heterocycles. The number of allylic oxidation sites excluding steroid dienone is 1. The quantitative estimate of drug-likeness (QED) is 0.556. The van der Waals surface area contributed by atoms with E-state index in [1.165, 1.54) is 18.7 Å². The Balaban J connectivity index is 0.000000640. The summed E-state index contributed by atoms with van der Waals surface area (Å²) in [6.45, 7) is 6.67. The predicted molar refractivity (Wildman–Crippen MR) is 43.0 cm³/mol. The SMILES string of the molecule is CC(C)=CC1CNC1.Cl.